The number of hydrogen-bond acceptors (Lipinski definition) is 6. The summed E-state index contributed by atoms with van der Waals surface area (Å²) in [5.74, 6) is -4.92. The van der Waals surface area contributed by atoms with E-state index in [1.54, 1.807) is 12.1 Å². The Bertz CT molecular complexity index is 1100. The van der Waals surface area contributed by atoms with E-state index in [0.717, 1.165) is 5.56 Å². The van der Waals surface area contributed by atoms with Crippen LogP contribution in [0, 0.1) is 5.92 Å². The summed E-state index contributed by atoms with van der Waals surface area (Å²) in [5, 5.41) is 6.92. The third kappa shape index (κ3) is 8.31. The molecule has 37 heavy (non-hydrogen) atoms. The molecule has 0 heterocycles. The maximum absolute atomic E-state index is 13.1. The van der Waals surface area contributed by atoms with E-state index in [4.69, 9.17) is 10.5 Å². The van der Waals surface area contributed by atoms with Crippen LogP contribution in [0.3, 0.4) is 0 Å². The molecule has 0 saturated carbocycles. The average Bonchev–Trinajstić information content (AvgIpc) is 2.87. The Balaban J connectivity index is 2.19. The van der Waals surface area contributed by atoms with E-state index in [2.05, 4.69) is 16.0 Å². The van der Waals surface area contributed by atoms with E-state index < -0.39 is 54.2 Å². The third-order valence-corrected chi connectivity index (χ3v) is 5.40. The van der Waals surface area contributed by atoms with Crippen LogP contribution in [0.15, 0.2) is 48.5 Å². The monoisotopic (exact) mass is 522 g/mol. The number of hydrogen-bond donors (Lipinski definition) is 4. The molecule has 12 heteroatoms. The zero-order chi connectivity index (χ0) is 27.8. The molecule has 0 aromatic heterocycles. The zero-order valence-corrected chi connectivity index (χ0v) is 20.5. The first-order valence-corrected chi connectivity index (χ1v) is 11.3. The zero-order valence-electron chi connectivity index (χ0n) is 20.5. The van der Waals surface area contributed by atoms with Gasteiger partial charge in [-0.2, -0.15) is 13.2 Å². The van der Waals surface area contributed by atoms with E-state index in [1.807, 2.05) is 0 Å². The summed E-state index contributed by atoms with van der Waals surface area (Å²) in [6.07, 6.45) is -5.16. The minimum Gasteiger partial charge on any atom is -0.497 e. The second-order valence-corrected chi connectivity index (χ2v) is 8.45. The Hall–Kier alpha value is -3.93. The van der Waals surface area contributed by atoms with Gasteiger partial charge in [-0.05, 0) is 41.3 Å². The fourth-order valence-corrected chi connectivity index (χ4v) is 3.31. The lowest BCUT2D eigenvalue weighted by Crippen LogP contribution is -2.53. The number of carbonyl (C=O) groups is 4. The first-order valence-electron chi connectivity index (χ1n) is 11.3. The minimum atomic E-state index is -5.16. The lowest BCUT2D eigenvalue weighted by molar-refractivity contribution is -0.175. The van der Waals surface area contributed by atoms with Gasteiger partial charge >= 0.3 is 6.18 Å². The van der Waals surface area contributed by atoms with Crippen LogP contribution < -0.4 is 26.4 Å². The summed E-state index contributed by atoms with van der Waals surface area (Å²) >= 11 is 0. The molecule has 9 nitrogen and oxygen atoms in total. The van der Waals surface area contributed by atoms with Gasteiger partial charge in [0.1, 0.15) is 11.8 Å². The normalized spacial score (nSPS) is 12.9. The van der Waals surface area contributed by atoms with Crippen LogP contribution >= 0.6 is 0 Å². The number of methoxy groups -OCH3 is 1. The molecular formula is C25H29F3N4O5. The van der Waals surface area contributed by atoms with Crippen LogP contribution in [0.5, 0.6) is 5.75 Å². The number of alkyl halides is 3. The Morgan fingerprint density at radius 2 is 1.54 bits per heavy atom. The number of nitrogens with two attached hydrogens (primary N) is 1. The fraction of sp³-hybridized carbons (Fsp3) is 0.360. The Labute approximate surface area is 211 Å². The predicted molar refractivity (Wildman–Crippen MR) is 128 cm³/mol. The van der Waals surface area contributed by atoms with Crippen molar-refractivity contribution in [2.75, 3.05) is 13.7 Å². The van der Waals surface area contributed by atoms with Gasteiger partial charge < -0.3 is 26.4 Å². The summed E-state index contributed by atoms with van der Waals surface area (Å²) in [6, 6.07) is 8.94. The van der Waals surface area contributed by atoms with Gasteiger partial charge in [-0.3, -0.25) is 19.2 Å². The summed E-state index contributed by atoms with van der Waals surface area (Å²) in [4.78, 5) is 49.8. The number of ketones is 1. The first kappa shape index (κ1) is 29.3. The van der Waals surface area contributed by atoms with Crippen molar-refractivity contribution in [1.82, 2.24) is 16.0 Å². The summed E-state index contributed by atoms with van der Waals surface area (Å²) in [6.45, 7) is 2.48. The highest BCUT2D eigenvalue weighted by Crippen LogP contribution is 2.23. The first-order chi connectivity index (χ1) is 17.4. The van der Waals surface area contributed by atoms with Crippen LogP contribution in [-0.4, -0.2) is 49.4 Å². The number of halogens is 3. The molecule has 0 bridgehead atoms. The summed E-state index contributed by atoms with van der Waals surface area (Å²) in [7, 11) is 1.42. The highest BCUT2D eigenvalue weighted by Gasteiger charge is 2.45. The van der Waals surface area contributed by atoms with Crippen LogP contribution in [0.4, 0.5) is 13.2 Å². The van der Waals surface area contributed by atoms with E-state index in [1.165, 1.54) is 57.4 Å². The van der Waals surface area contributed by atoms with Gasteiger partial charge in [0.25, 0.3) is 11.7 Å². The predicted octanol–water partition coefficient (Wildman–Crippen LogP) is 2.01. The maximum Gasteiger partial charge on any atom is 0.452 e. The van der Waals surface area contributed by atoms with E-state index in [-0.39, 0.29) is 11.1 Å². The molecule has 0 unspecified atom stereocenters. The van der Waals surface area contributed by atoms with Crippen molar-refractivity contribution in [3.8, 4) is 5.75 Å². The number of Topliss-reactive ketones (excluding diaryl/α,β-unsaturated/α-hetero) is 1. The number of rotatable bonds is 11. The van der Waals surface area contributed by atoms with Crippen molar-refractivity contribution in [3.63, 3.8) is 0 Å². The van der Waals surface area contributed by atoms with Gasteiger partial charge in [-0.1, -0.05) is 38.1 Å². The summed E-state index contributed by atoms with van der Waals surface area (Å²) in [5.41, 5.74) is 6.83. The van der Waals surface area contributed by atoms with Crippen LogP contribution in [-0.2, 0) is 20.9 Å². The molecule has 5 N–H and O–H groups in total. The second kappa shape index (κ2) is 12.9. The molecule has 0 aliphatic heterocycles. The number of benzene rings is 2. The van der Waals surface area contributed by atoms with Gasteiger partial charge in [0.05, 0.1) is 19.7 Å². The van der Waals surface area contributed by atoms with Crippen LogP contribution in [0.2, 0.25) is 0 Å². The maximum atomic E-state index is 13.1. The molecular weight excluding hydrogens is 493 g/mol. The number of ether oxygens (including phenoxy) is 1. The molecule has 0 aliphatic carbocycles. The average molecular weight is 523 g/mol. The molecule has 0 saturated heterocycles. The molecule has 2 aromatic carbocycles. The van der Waals surface area contributed by atoms with Crippen LogP contribution in [0.25, 0.3) is 0 Å². The molecule has 2 aromatic rings. The molecule has 200 valence electrons. The summed E-state index contributed by atoms with van der Waals surface area (Å²) < 4.78 is 44.2. The van der Waals surface area contributed by atoms with Crippen molar-refractivity contribution < 1.29 is 37.1 Å². The minimum absolute atomic E-state index is 0.220. The van der Waals surface area contributed by atoms with Crippen molar-refractivity contribution in [3.05, 3.63) is 65.2 Å². The third-order valence-electron chi connectivity index (χ3n) is 5.40. The number of nitrogens with one attached hydrogen (secondary N) is 3. The molecule has 2 atom stereocenters. The Morgan fingerprint density at radius 1 is 0.946 bits per heavy atom. The van der Waals surface area contributed by atoms with E-state index in [0.29, 0.717) is 12.3 Å². The highest BCUT2D eigenvalue weighted by atomic mass is 19.4. The molecule has 0 aliphatic rings. The van der Waals surface area contributed by atoms with Gasteiger partial charge in [-0.15, -0.1) is 0 Å². The van der Waals surface area contributed by atoms with Gasteiger partial charge in [0, 0.05) is 12.1 Å². The van der Waals surface area contributed by atoms with Crippen molar-refractivity contribution in [2.24, 2.45) is 11.7 Å². The fourth-order valence-electron chi connectivity index (χ4n) is 3.31. The van der Waals surface area contributed by atoms with Gasteiger partial charge in [-0.25, -0.2) is 0 Å². The van der Waals surface area contributed by atoms with E-state index in [9.17, 15) is 32.3 Å². The molecule has 0 fully saturated rings. The van der Waals surface area contributed by atoms with Crippen molar-refractivity contribution >= 4 is 23.5 Å². The quantitative estimate of drug-likeness (QED) is 0.356. The van der Waals surface area contributed by atoms with Gasteiger partial charge in [0.15, 0.2) is 0 Å². The smallest absolute Gasteiger partial charge is 0.452 e. The van der Waals surface area contributed by atoms with Crippen LogP contribution in [0.1, 0.15) is 41.4 Å². The largest absolute Gasteiger partial charge is 0.497 e. The Morgan fingerprint density at radius 3 is 2.03 bits per heavy atom. The topological polar surface area (TPSA) is 140 Å². The Kier molecular flexibility index (Phi) is 10.2. The number of carbonyl (C=O) groups excluding carboxylic acids is 4. The lowest BCUT2D eigenvalue weighted by Gasteiger charge is -2.26. The SMILES string of the molecule is COc1ccc([C@H](NC(=O)CNC(=O)c2ccc(CN)cc2)C(=O)N[C@H](C(=O)C(F)(F)F)C(C)C)cc1. The van der Waals surface area contributed by atoms with E-state index >= 15 is 0 Å². The van der Waals surface area contributed by atoms with Crippen molar-refractivity contribution in [1.29, 1.82) is 0 Å². The van der Waals surface area contributed by atoms with Gasteiger partial charge in [0.2, 0.25) is 11.8 Å². The molecule has 2 rings (SSSR count). The molecule has 0 spiro atoms. The molecule has 0 radical (unpaired) electrons. The molecule has 3 amide bonds. The highest BCUT2D eigenvalue weighted by molar-refractivity contribution is 5.98. The number of amides is 3. The second-order valence-electron chi connectivity index (χ2n) is 8.45. The van der Waals surface area contributed by atoms with Crippen molar-refractivity contribution in [2.45, 2.75) is 38.7 Å². The lowest BCUT2D eigenvalue weighted by atomic mass is 9.98. The standard InChI is InChI=1S/C25H29F3N4O5/c1-14(2)20(22(34)25(26,27)28)32-24(36)21(16-8-10-18(37-3)11-9-16)31-19(33)13-30-23(35)17-6-4-15(12-29)5-7-17/h4-11,14,20-21H,12-13,29H2,1-3H3,(H,30,35)(H,31,33)(H,32,36)/t20-,21-/m0/s1.